The molecule has 0 aromatic rings. The summed E-state index contributed by atoms with van der Waals surface area (Å²) in [6, 6.07) is 0. The number of rotatable bonds is 4. The van der Waals surface area contributed by atoms with Crippen molar-refractivity contribution in [3.8, 4) is 0 Å². The van der Waals surface area contributed by atoms with Gasteiger partial charge in [-0.15, -0.1) is 0 Å². The van der Waals surface area contributed by atoms with Gasteiger partial charge in [0.25, 0.3) is 6.48 Å². The summed E-state index contributed by atoms with van der Waals surface area (Å²) in [5.74, 6) is 0.976. The van der Waals surface area contributed by atoms with Crippen LogP contribution >= 0.6 is 0 Å². The minimum Gasteiger partial charge on any atom is -0.629 e. The molecule has 0 aromatic heterocycles. The van der Waals surface area contributed by atoms with Crippen molar-refractivity contribution in [1.29, 1.82) is 0 Å². The molecule has 6 nitrogen and oxygen atoms in total. The van der Waals surface area contributed by atoms with Crippen LogP contribution in [0.1, 0.15) is 13.8 Å². The Morgan fingerprint density at radius 1 is 1.37 bits per heavy atom. The summed E-state index contributed by atoms with van der Waals surface area (Å²) in [6.45, 7) is 5.21. The van der Waals surface area contributed by atoms with Crippen LogP contribution in [0, 0.1) is 11.1 Å². The molecule has 19 heavy (non-hydrogen) atoms. The fourth-order valence-corrected chi connectivity index (χ4v) is 2.02. The second-order valence-electron chi connectivity index (χ2n) is 4.81. The highest BCUT2D eigenvalue weighted by molar-refractivity contribution is 5.27. The van der Waals surface area contributed by atoms with E-state index in [1.165, 1.54) is 0 Å². The molecule has 2 aliphatic rings. The number of quaternary nitrogens is 1. The summed E-state index contributed by atoms with van der Waals surface area (Å²) in [6.07, 6.45) is 1.84. The summed E-state index contributed by atoms with van der Waals surface area (Å²) in [5.41, 5.74) is 1.71. The number of hydrogen-bond donors (Lipinski definition) is 1. The van der Waals surface area contributed by atoms with E-state index in [1.54, 1.807) is 7.11 Å². The number of hydrogen-bond acceptors (Lipinski definition) is 5. The molecule has 108 valence electrons. The summed E-state index contributed by atoms with van der Waals surface area (Å²) in [5, 5.41) is 11.7. The molecule has 6 heteroatoms. The number of hydroxylamine groups is 2. The predicted molar refractivity (Wildman–Crippen MR) is 67.8 cm³/mol. The van der Waals surface area contributed by atoms with Gasteiger partial charge in [0.2, 0.25) is 0 Å². The van der Waals surface area contributed by atoms with Gasteiger partial charge in [0.1, 0.15) is 18.0 Å². The Morgan fingerprint density at radius 3 is 2.68 bits per heavy atom. The lowest BCUT2D eigenvalue weighted by Gasteiger charge is -2.30. The second kappa shape index (κ2) is 6.49. The Labute approximate surface area is 113 Å². The largest absolute Gasteiger partial charge is 0.629 e. The third-order valence-corrected chi connectivity index (χ3v) is 3.43. The van der Waals surface area contributed by atoms with E-state index in [0.717, 1.165) is 17.0 Å². The van der Waals surface area contributed by atoms with E-state index in [-0.39, 0.29) is 11.0 Å². The van der Waals surface area contributed by atoms with Crippen LogP contribution in [0.3, 0.4) is 0 Å². The monoisotopic (exact) mass is 271 g/mol. The van der Waals surface area contributed by atoms with Crippen LogP contribution in [0.15, 0.2) is 23.1 Å². The molecule has 1 unspecified atom stereocenters. The first-order chi connectivity index (χ1) is 9.11. The molecule has 1 fully saturated rings. The molecular weight excluding hydrogens is 250 g/mol. The average Bonchev–Trinajstić information content (AvgIpc) is 2.45. The average molecular weight is 271 g/mol. The smallest absolute Gasteiger partial charge is 0.271 e. The topological polar surface area (TPSA) is 64.4 Å². The molecule has 0 aliphatic carbocycles. The van der Waals surface area contributed by atoms with Crippen molar-refractivity contribution in [3.05, 3.63) is 28.3 Å². The lowest BCUT2D eigenvalue weighted by atomic mass is 10.1. The highest BCUT2D eigenvalue weighted by Gasteiger charge is 2.24. The minimum atomic E-state index is -0.563. The van der Waals surface area contributed by atoms with Crippen LogP contribution < -0.4 is 5.06 Å². The first kappa shape index (κ1) is 14.5. The molecular formula is C13H21NO5. The molecule has 0 radical (unpaired) electrons. The Bertz CT molecular complexity index is 371. The van der Waals surface area contributed by atoms with Crippen molar-refractivity contribution in [3.63, 3.8) is 0 Å². The van der Waals surface area contributed by atoms with E-state index in [0.29, 0.717) is 26.4 Å². The van der Waals surface area contributed by atoms with Crippen LogP contribution in [0.4, 0.5) is 0 Å². The number of ether oxygens (including phenoxy) is 4. The zero-order chi connectivity index (χ0) is 13.8. The quantitative estimate of drug-likeness (QED) is 0.738. The zero-order valence-electron chi connectivity index (χ0n) is 11.6. The van der Waals surface area contributed by atoms with E-state index in [2.05, 4.69) is 0 Å². The molecule has 0 saturated carbocycles. The van der Waals surface area contributed by atoms with Gasteiger partial charge in [-0.05, 0) is 6.92 Å². The Morgan fingerprint density at radius 2 is 2.05 bits per heavy atom. The van der Waals surface area contributed by atoms with Crippen LogP contribution in [-0.4, -0.2) is 40.0 Å². The van der Waals surface area contributed by atoms with Crippen LogP contribution in [-0.2, 0) is 18.9 Å². The van der Waals surface area contributed by atoms with Crippen LogP contribution in [0.25, 0.3) is 0 Å². The Balaban J connectivity index is 1.81. The van der Waals surface area contributed by atoms with Crippen LogP contribution in [0.2, 0.25) is 0 Å². The van der Waals surface area contributed by atoms with E-state index < -0.39 is 6.48 Å². The van der Waals surface area contributed by atoms with Gasteiger partial charge < -0.3 is 29.2 Å². The van der Waals surface area contributed by atoms with Crippen LogP contribution in [0.5, 0.6) is 0 Å². The summed E-state index contributed by atoms with van der Waals surface area (Å²) >= 11 is 0. The fraction of sp³-hybridized carbons (Fsp3) is 0.692. The minimum absolute atomic E-state index is 0.164. The number of allylic oxidation sites excluding steroid dienone is 2. The molecule has 0 spiro atoms. The molecule has 2 heterocycles. The van der Waals surface area contributed by atoms with Crippen molar-refractivity contribution in [2.24, 2.45) is 5.92 Å². The molecule has 2 rings (SSSR count). The normalized spacial score (nSPS) is 32.2. The van der Waals surface area contributed by atoms with E-state index in [1.807, 2.05) is 19.9 Å². The third kappa shape index (κ3) is 3.55. The Hall–Kier alpha value is -0.920. The van der Waals surface area contributed by atoms with Gasteiger partial charge in [-0.25, -0.2) is 0 Å². The fourth-order valence-electron chi connectivity index (χ4n) is 2.02. The Kier molecular flexibility index (Phi) is 4.95. The highest BCUT2D eigenvalue weighted by atomic mass is 16.8. The lowest BCUT2D eigenvalue weighted by Crippen LogP contribution is -3.05. The highest BCUT2D eigenvalue weighted by Crippen LogP contribution is 2.18. The maximum atomic E-state index is 11.5. The van der Waals surface area contributed by atoms with E-state index >= 15 is 0 Å². The van der Waals surface area contributed by atoms with Gasteiger partial charge >= 0.3 is 0 Å². The van der Waals surface area contributed by atoms with Crippen molar-refractivity contribution in [2.75, 3.05) is 33.5 Å². The molecule has 2 aliphatic heterocycles. The maximum absolute atomic E-state index is 11.5. The summed E-state index contributed by atoms with van der Waals surface area (Å²) in [7, 11) is 1.54. The molecule has 0 amide bonds. The summed E-state index contributed by atoms with van der Waals surface area (Å²) < 4.78 is 21.4. The molecule has 0 bridgehead atoms. The zero-order valence-corrected chi connectivity index (χ0v) is 11.6. The predicted octanol–water partition coefficient (Wildman–Crippen LogP) is 0.170. The molecule has 1 atom stereocenters. The first-order valence-electron chi connectivity index (χ1n) is 6.41. The third-order valence-electron chi connectivity index (χ3n) is 3.43. The second-order valence-corrected chi connectivity index (χ2v) is 4.81. The lowest BCUT2D eigenvalue weighted by molar-refractivity contribution is -0.800. The maximum Gasteiger partial charge on any atom is 0.271 e. The van der Waals surface area contributed by atoms with Gasteiger partial charge in [0, 0.05) is 31.6 Å². The molecule has 1 saturated heterocycles. The SMILES string of the molecule is COC1OCC(COC2=CC[NH+]([O-])C(C)=C2C)CO1. The van der Waals surface area contributed by atoms with E-state index in [4.69, 9.17) is 18.9 Å². The molecule has 0 aromatic carbocycles. The number of methoxy groups -OCH3 is 1. The van der Waals surface area contributed by atoms with Crippen molar-refractivity contribution >= 4 is 0 Å². The van der Waals surface area contributed by atoms with Gasteiger partial charge in [0.15, 0.2) is 0 Å². The van der Waals surface area contributed by atoms with Crippen molar-refractivity contribution < 1.29 is 24.0 Å². The van der Waals surface area contributed by atoms with E-state index in [9.17, 15) is 5.21 Å². The van der Waals surface area contributed by atoms with Gasteiger partial charge in [-0.1, -0.05) is 0 Å². The van der Waals surface area contributed by atoms with Crippen molar-refractivity contribution in [2.45, 2.75) is 20.3 Å². The van der Waals surface area contributed by atoms with Gasteiger partial charge in [-0.3, -0.25) is 0 Å². The molecule has 1 N–H and O–H groups in total. The number of nitrogens with one attached hydrogen (secondary N) is 1. The van der Waals surface area contributed by atoms with Gasteiger partial charge in [-0.2, -0.15) is 0 Å². The standard InChI is InChI=1S/C13H21NO5/c1-9-10(2)14(15)5-4-12(9)17-6-11-7-18-13(16-3)19-8-11/h4,11,13-14H,5-8H2,1-3H3. The first-order valence-corrected chi connectivity index (χ1v) is 6.41. The summed E-state index contributed by atoms with van der Waals surface area (Å²) in [4.78, 5) is 0. The van der Waals surface area contributed by atoms with Gasteiger partial charge in [0.05, 0.1) is 19.8 Å². The van der Waals surface area contributed by atoms with Crippen molar-refractivity contribution in [1.82, 2.24) is 0 Å².